The molecule has 0 aliphatic heterocycles. The zero-order valence-corrected chi connectivity index (χ0v) is 13.0. The lowest BCUT2D eigenvalue weighted by Gasteiger charge is -2.17. The summed E-state index contributed by atoms with van der Waals surface area (Å²) < 4.78 is 0. The molecule has 4 nitrogen and oxygen atoms in total. The second-order valence-corrected chi connectivity index (χ2v) is 5.75. The zero-order valence-electron chi connectivity index (χ0n) is 11.4. The van der Waals surface area contributed by atoms with Crippen LogP contribution in [0, 0.1) is 0 Å². The number of hydrogen-bond acceptors (Lipinski definition) is 4. The van der Waals surface area contributed by atoms with E-state index in [9.17, 15) is 4.79 Å². The van der Waals surface area contributed by atoms with Crippen molar-refractivity contribution in [2.75, 3.05) is 18.9 Å². The van der Waals surface area contributed by atoms with E-state index in [-0.39, 0.29) is 5.91 Å². The van der Waals surface area contributed by atoms with Crippen molar-refractivity contribution in [3.8, 4) is 0 Å². The van der Waals surface area contributed by atoms with Gasteiger partial charge >= 0.3 is 0 Å². The van der Waals surface area contributed by atoms with Crippen LogP contribution in [0.1, 0.15) is 22.2 Å². The average molecular weight is 310 g/mol. The van der Waals surface area contributed by atoms with Crippen LogP contribution in [-0.4, -0.2) is 29.4 Å². The highest BCUT2D eigenvalue weighted by atomic mass is 35.5. The minimum atomic E-state index is -0.0677. The molecule has 0 aromatic carbocycles. The van der Waals surface area contributed by atoms with Crippen LogP contribution >= 0.6 is 22.9 Å². The molecule has 2 aromatic heterocycles. The highest BCUT2D eigenvalue weighted by Crippen LogP contribution is 2.18. The van der Waals surface area contributed by atoms with Crippen molar-refractivity contribution in [1.29, 1.82) is 0 Å². The molecule has 1 N–H and O–H groups in total. The number of aromatic nitrogens is 1. The van der Waals surface area contributed by atoms with Crippen molar-refractivity contribution in [3.05, 3.63) is 45.2 Å². The third kappa shape index (κ3) is 3.71. The Balaban J connectivity index is 2.15. The molecule has 20 heavy (non-hydrogen) atoms. The van der Waals surface area contributed by atoms with Gasteiger partial charge in [0.1, 0.15) is 11.0 Å². The van der Waals surface area contributed by atoms with Crippen molar-refractivity contribution >= 4 is 34.7 Å². The van der Waals surface area contributed by atoms with Crippen molar-refractivity contribution in [2.24, 2.45) is 0 Å². The second kappa shape index (κ2) is 6.72. The van der Waals surface area contributed by atoms with Crippen LogP contribution in [0.25, 0.3) is 0 Å². The maximum Gasteiger partial charge on any atom is 0.254 e. The van der Waals surface area contributed by atoms with E-state index >= 15 is 0 Å². The lowest BCUT2D eigenvalue weighted by atomic mass is 10.2. The fraction of sp³-hybridized carbons (Fsp3) is 0.286. The molecule has 0 fully saturated rings. The number of carbonyl (C=O) groups is 1. The fourth-order valence-corrected chi connectivity index (χ4v) is 2.79. The number of amides is 1. The van der Waals surface area contributed by atoms with Crippen LogP contribution in [0.3, 0.4) is 0 Å². The number of thiophene rings is 1. The van der Waals surface area contributed by atoms with Gasteiger partial charge in [0.2, 0.25) is 0 Å². The first kappa shape index (κ1) is 14.8. The Bertz CT molecular complexity index is 586. The molecule has 0 aliphatic carbocycles. The summed E-state index contributed by atoms with van der Waals surface area (Å²) in [4.78, 5) is 19.3. The third-order valence-corrected chi connectivity index (χ3v) is 3.77. The number of anilines is 1. The molecule has 2 aromatic rings. The molecule has 0 saturated carbocycles. The SMILES string of the molecule is CCNc1cc(C(=O)N(C)Cc2cccs2)cc(Cl)n1. The van der Waals surface area contributed by atoms with E-state index in [1.807, 2.05) is 24.4 Å². The number of nitrogens with zero attached hydrogens (tertiary/aromatic N) is 2. The third-order valence-electron chi connectivity index (χ3n) is 2.72. The fourth-order valence-electron chi connectivity index (χ4n) is 1.82. The largest absolute Gasteiger partial charge is 0.370 e. The van der Waals surface area contributed by atoms with Gasteiger partial charge < -0.3 is 10.2 Å². The first-order chi connectivity index (χ1) is 9.60. The summed E-state index contributed by atoms with van der Waals surface area (Å²) in [6.07, 6.45) is 0. The predicted octanol–water partition coefficient (Wildman–Crippen LogP) is 3.50. The van der Waals surface area contributed by atoms with Gasteiger partial charge in [-0.1, -0.05) is 17.7 Å². The molecule has 0 atom stereocenters. The number of rotatable bonds is 5. The van der Waals surface area contributed by atoms with Crippen LogP contribution in [0.4, 0.5) is 5.82 Å². The van der Waals surface area contributed by atoms with Gasteiger partial charge in [-0.2, -0.15) is 0 Å². The quantitative estimate of drug-likeness (QED) is 0.860. The summed E-state index contributed by atoms with van der Waals surface area (Å²) in [6, 6.07) is 7.31. The van der Waals surface area contributed by atoms with E-state index in [1.165, 1.54) is 0 Å². The molecule has 2 heterocycles. The van der Waals surface area contributed by atoms with Crippen LogP contribution in [0.2, 0.25) is 5.15 Å². The van der Waals surface area contributed by atoms with Gasteiger partial charge in [-0.05, 0) is 30.5 Å². The normalized spacial score (nSPS) is 10.3. The molecule has 1 amide bonds. The molecule has 2 rings (SSSR count). The lowest BCUT2D eigenvalue weighted by Crippen LogP contribution is -2.26. The Kier molecular flexibility index (Phi) is 4.98. The summed E-state index contributed by atoms with van der Waals surface area (Å²) in [5, 5.41) is 5.38. The van der Waals surface area contributed by atoms with E-state index in [0.717, 1.165) is 11.4 Å². The van der Waals surface area contributed by atoms with E-state index in [1.54, 1.807) is 35.4 Å². The van der Waals surface area contributed by atoms with Crippen LogP contribution in [0.15, 0.2) is 29.6 Å². The summed E-state index contributed by atoms with van der Waals surface area (Å²) in [5.41, 5.74) is 0.542. The Morgan fingerprint density at radius 2 is 2.30 bits per heavy atom. The van der Waals surface area contributed by atoms with Gasteiger partial charge in [-0.15, -0.1) is 11.3 Å². The van der Waals surface area contributed by atoms with Gasteiger partial charge in [-0.25, -0.2) is 4.98 Å². The van der Waals surface area contributed by atoms with E-state index in [4.69, 9.17) is 11.6 Å². The van der Waals surface area contributed by atoms with Crippen LogP contribution in [-0.2, 0) is 6.54 Å². The average Bonchev–Trinajstić information content (AvgIpc) is 2.90. The Morgan fingerprint density at radius 3 is 2.95 bits per heavy atom. The summed E-state index contributed by atoms with van der Waals surface area (Å²) in [5.74, 6) is 0.551. The molecule has 0 saturated heterocycles. The zero-order chi connectivity index (χ0) is 14.5. The molecular formula is C14H16ClN3OS. The number of pyridine rings is 1. The first-order valence-corrected chi connectivity index (χ1v) is 7.55. The highest BCUT2D eigenvalue weighted by Gasteiger charge is 2.14. The monoisotopic (exact) mass is 309 g/mol. The first-order valence-electron chi connectivity index (χ1n) is 6.29. The van der Waals surface area contributed by atoms with Crippen molar-refractivity contribution in [1.82, 2.24) is 9.88 Å². The van der Waals surface area contributed by atoms with Gasteiger partial charge in [0.05, 0.1) is 6.54 Å². The minimum absolute atomic E-state index is 0.0677. The van der Waals surface area contributed by atoms with Crippen molar-refractivity contribution in [2.45, 2.75) is 13.5 Å². The Hall–Kier alpha value is -1.59. The van der Waals surface area contributed by atoms with Gasteiger partial charge in [0, 0.05) is 24.0 Å². The molecule has 106 valence electrons. The minimum Gasteiger partial charge on any atom is -0.370 e. The Morgan fingerprint density at radius 1 is 1.50 bits per heavy atom. The van der Waals surface area contributed by atoms with Crippen LogP contribution in [0.5, 0.6) is 0 Å². The van der Waals surface area contributed by atoms with Gasteiger partial charge in [-0.3, -0.25) is 4.79 Å². The summed E-state index contributed by atoms with van der Waals surface area (Å²) in [7, 11) is 1.78. The topological polar surface area (TPSA) is 45.2 Å². The lowest BCUT2D eigenvalue weighted by molar-refractivity contribution is 0.0786. The van der Waals surface area contributed by atoms with Crippen LogP contribution < -0.4 is 5.32 Å². The second-order valence-electron chi connectivity index (χ2n) is 4.33. The number of carbonyl (C=O) groups excluding carboxylic acids is 1. The highest BCUT2D eigenvalue weighted by molar-refractivity contribution is 7.09. The van der Waals surface area contributed by atoms with E-state index in [2.05, 4.69) is 10.3 Å². The van der Waals surface area contributed by atoms with E-state index < -0.39 is 0 Å². The maximum atomic E-state index is 12.4. The standard InChI is InChI=1S/C14H16ClN3OS/c1-3-16-13-8-10(7-12(15)17-13)14(19)18(2)9-11-5-4-6-20-11/h4-8H,3,9H2,1-2H3,(H,16,17). The molecule has 0 unspecified atom stereocenters. The molecule has 0 bridgehead atoms. The summed E-state index contributed by atoms with van der Waals surface area (Å²) >= 11 is 7.59. The summed E-state index contributed by atoms with van der Waals surface area (Å²) in [6.45, 7) is 3.28. The van der Waals surface area contributed by atoms with Gasteiger partial charge in [0.25, 0.3) is 5.91 Å². The van der Waals surface area contributed by atoms with Crippen molar-refractivity contribution < 1.29 is 4.79 Å². The van der Waals surface area contributed by atoms with E-state index in [0.29, 0.717) is 23.1 Å². The molecular weight excluding hydrogens is 294 g/mol. The number of halogens is 1. The Labute approximate surface area is 127 Å². The smallest absolute Gasteiger partial charge is 0.254 e. The number of nitrogens with one attached hydrogen (secondary N) is 1. The maximum absolute atomic E-state index is 12.4. The molecule has 0 aliphatic rings. The predicted molar refractivity (Wildman–Crippen MR) is 83.5 cm³/mol. The molecule has 6 heteroatoms. The van der Waals surface area contributed by atoms with Gasteiger partial charge in [0.15, 0.2) is 0 Å². The number of hydrogen-bond donors (Lipinski definition) is 1. The van der Waals surface area contributed by atoms with Crippen molar-refractivity contribution in [3.63, 3.8) is 0 Å². The molecule has 0 spiro atoms. The molecule has 0 radical (unpaired) electrons.